The summed E-state index contributed by atoms with van der Waals surface area (Å²) in [6.07, 6.45) is 2.11. The van der Waals surface area contributed by atoms with Crippen LogP contribution in [0.2, 0.25) is 5.02 Å². The summed E-state index contributed by atoms with van der Waals surface area (Å²) in [4.78, 5) is 21.5. The Labute approximate surface area is 236 Å². The van der Waals surface area contributed by atoms with Crippen molar-refractivity contribution in [3.8, 4) is 33.7 Å². The van der Waals surface area contributed by atoms with Gasteiger partial charge in [0.25, 0.3) is 0 Å². The van der Waals surface area contributed by atoms with E-state index in [9.17, 15) is 18.0 Å². The second kappa shape index (κ2) is 9.91. The molecule has 1 fully saturated rings. The standard InChI is InChI=1S/C29H22ClF3N4O4/c1-14-25(15(2)41-36-14)18-8-20-21(26-22(30)9-17(28(38)39-3)10-24(26)40-29(31,32)33)13-37(27(20)35-11-18)19-6-7-23(34-12-19)16-4-5-16/h6-13,16H,4-5H2,1-3H3. The molecule has 4 aromatic heterocycles. The van der Waals surface area contributed by atoms with Crippen LogP contribution < -0.4 is 4.74 Å². The van der Waals surface area contributed by atoms with Gasteiger partial charge in [-0.05, 0) is 57.0 Å². The van der Waals surface area contributed by atoms with Crippen molar-refractivity contribution in [2.24, 2.45) is 0 Å². The Balaban J connectivity index is 1.62. The van der Waals surface area contributed by atoms with Crippen molar-refractivity contribution in [3.05, 3.63) is 76.7 Å². The lowest BCUT2D eigenvalue weighted by molar-refractivity contribution is -0.274. The molecule has 8 nitrogen and oxygen atoms in total. The van der Waals surface area contributed by atoms with Crippen LogP contribution in [0.4, 0.5) is 13.2 Å². The predicted octanol–water partition coefficient (Wildman–Crippen LogP) is 7.58. The molecule has 0 aliphatic heterocycles. The van der Waals surface area contributed by atoms with Crippen LogP contribution >= 0.6 is 11.6 Å². The van der Waals surface area contributed by atoms with Crippen molar-refractivity contribution >= 4 is 28.6 Å². The number of esters is 1. The Morgan fingerprint density at radius 2 is 1.88 bits per heavy atom. The molecule has 1 aliphatic carbocycles. The number of hydrogen-bond donors (Lipinski definition) is 0. The first-order valence-electron chi connectivity index (χ1n) is 12.6. The molecule has 5 aromatic rings. The second-order valence-electron chi connectivity index (χ2n) is 9.79. The number of pyridine rings is 2. The highest BCUT2D eigenvalue weighted by atomic mass is 35.5. The number of rotatable bonds is 6. The number of alkyl halides is 3. The smallest absolute Gasteiger partial charge is 0.465 e. The minimum atomic E-state index is -5.06. The van der Waals surface area contributed by atoms with Gasteiger partial charge in [-0.25, -0.2) is 9.78 Å². The number of carbonyl (C=O) groups excluding carboxylic acids is 1. The van der Waals surface area contributed by atoms with E-state index in [4.69, 9.17) is 25.8 Å². The molecule has 0 radical (unpaired) electrons. The SMILES string of the molecule is COC(=O)c1cc(Cl)c(-c2cn(-c3ccc(C4CC4)nc3)c3ncc(-c4c(C)noc4C)cc23)c(OC(F)(F)F)c1. The minimum absolute atomic E-state index is 0.0688. The lowest BCUT2D eigenvalue weighted by Crippen LogP contribution is -2.18. The number of aryl methyl sites for hydroxylation is 2. The molecule has 1 aromatic carbocycles. The van der Waals surface area contributed by atoms with Gasteiger partial charge in [0.2, 0.25) is 0 Å². The molecule has 0 unspecified atom stereocenters. The maximum absolute atomic E-state index is 13.6. The lowest BCUT2D eigenvalue weighted by Gasteiger charge is -2.16. The maximum Gasteiger partial charge on any atom is 0.573 e. The summed E-state index contributed by atoms with van der Waals surface area (Å²) in [6.45, 7) is 3.54. The number of aromatic nitrogens is 4. The zero-order chi connectivity index (χ0) is 29.1. The van der Waals surface area contributed by atoms with E-state index in [-0.39, 0.29) is 16.1 Å². The summed E-state index contributed by atoms with van der Waals surface area (Å²) in [7, 11) is 1.12. The van der Waals surface area contributed by atoms with Crippen molar-refractivity contribution in [2.45, 2.75) is 39.0 Å². The van der Waals surface area contributed by atoms with Crippen LogP contribution in [0, 0.1) is 13.8 Å². The Morgan fingerprint density at radius 3 is 2.49 bits per heavy atom. The topological polar surface area (TPSA) is 92.3 Å². The molecule has 0 amide bonds. The second-order valence-corrected chi connectivity index (χ2v) is 10.2. The first-order chi connectivity index (χ1) is 19.5. The van der Waals surface area contributed by atoms with Crippen molar-refractivity contribution < 1.29 is 32.0 Å². The van der Waals surface area contributed by atoms with Gasteiger partial charge in [0.05, 0.1) is 35.3 Å². The molecule has 1 saturated carbocycles. The number of ether oxygens (including phenoxy) is 2. The van der Waals surface area contributed by atoms with Crippen LogP contribution in [0.15, 0.2) is 53.4 Å². The Morgan fingerprint density at radius 1 is 1.10 bits per heavy atom. The van der Waals surface area contributed by atoms with E-state index in [0.29, 0.717) is 50.8 Å². The molecular weight excluding hydrogens is 561 g/mol. The molecule has 12 heteroatoms. The van der Waals surface area contributed by atoms with Gasteiger partial charge in [-0.2, -0.15) is 0 Å². The predicted molar refractivity (Wildman–Crippen MR) is 144 cm³/mol. The van der Waals surface area contributed by atoms with E-state index in [1.165, 1.54) is 6.07 Å². The fourth-order valence-electron chi connectivity index (χ4n) is 4.98. The van der Waals surface area contributed by atoms with Gasteiger partial charge in [0.1, 0.15) is 17.2 Å². The summed E-state index contributed by atoms with van der Waals surface area (Å²) in [5.41, 5.74) is 4.12. The van der Waals surface area contributed by atoms with Crippen molar-refractivity contribution in [1.82, 2.24) is 19.7 Å². The zero-order valence-electron chi connectivity index (χ0n) is 22.0. The summed E-state index contributed by atoms with van der Waals surface area (Å²) < 4.78 is 56.9. The molecule has 41 heavy (non-hydrogen) atoms. The molecular formula is C29H22ClF3N4O4. The number of nitrogens with zero attached hydrogens (tertiary/aromatic N) is 4. The van der Waals surface area contributed by atoms with Gasteiger partial charge >= 0.3 is 12.3 Å². The Hall–Kier alpha value is -4.38. The van der Waals surface area contributed by atoms with Crippen LogP contribution in [-0.2, 0) is 4.74 Å². The number of hydrogen-bond acceptors (Lipinski definition) is 7. The number of methoxy groups -OCH3 is 1. The third kappa shape index (κ3) is 5.01. The first kappa shape index (κ1) is 26.8. The highest BCUT2D eigenvalue weighted by Crippen LogP contribution is 2.45. The summed E-state index contributed by atoms with van der Waals surface area (Å²) in [6, 6.07) is 7.82. The normalized spacial score (nSPS) is 13.5. The largest absolute Gasteiger partial charge is 0.573 e. The van der Waals surface area contributed by atoms with Gasteiger partial charge in [-0.1, -0.05) is 16.8 Å². The van der Waals surface area contributed by atoms with Crippen LogP contribution in [-0.4, -0.2) is 39.1 Å². The summed E-state index contributed by atoms with van der Waals surface area (Å²) >= 11 is 6.58. The van der Waals surface area contributed by atoms with Gasteiger partial charge < -0.3 is 14.0 Å². The number of fused-ring (bicyclic) bond motifs is 1. The highest BCUT2D eigenvalue weighted by molar-refractivity contribution is 6.34. The van der Waals surface area contributed by atoms with E-state index < -0.39 is 18.1 Å². The van der Waals surface area contributed by atoms with Gasteiger partial charge in [0.15, 0.2) is 0 Å². The van der Waals surface area contributed by atoms with Crippen LogP contribution in [0.5, 0.6) is 5.75 Å². The molecule has 0 spiro atoms. The van der Waals surface area contributed by atoms with E-state index >= 15 is 0 Å². The van der Waals surface area contributed by atoms with E-state index in [0.717, 1.165) is 31.7 Å². The number of carbonyl (C=O) groups is 1. The van der Waals surface area contributed by atoms with Crippen molar-refractivity contribution in [3.63, 3.8) is 0 Å². The van der Waals surface area contributed by atoms with Gasteiger partial charge in [-0.3, -0.25) is 9.55 Å². The highest BCUT2D eigenvalue weighted by Gasteiger charge is 2.34. The summed E-state index contributed by atoms with van der Waals surface area (Å²) in [5, 5.41) is 4.35. The monoisotopic (exact) mass is 582 g/mol. The number of benzene rings is 1. The molecule has 0 saturated heterocycles. The fourth-order valence-corrected chi connectivity index (χ4v) is 5.29. The lowest BCUT2D eigenvalue weighted by atomic mass is 9.99. The average Bonchev–Trinajstić information content (AvgIpc) is 3.64. The van der Waals surface area contributed by atoms with Crippen LogP contribution in [0.3, 0.4) is 0 Å². The third-order valence-electron chi connectivity index (χ3n) is 6.98. The van der Waals surface area contributed by atoms with E-state index in [1.807, 2.05) is 12.1 Å². The Kier molecular flexibility index (Phi) is 6.49. The van der Waals surface area contributed by atoms with Crippen molar-refractivity contribution in [1.29, 1.82) is 0 Å². The van der Waals surface area contributed by atoms with Crippen molar-refractivity contribution in [2.75, 3.05) is 7.11 Å². The zero-order valence-corrected chi connectivity index (χ0v) is 22.8. The number of halogens is 4. The van der Waals surface area contributed by atoms with Gasteiger partial charge in [0, 0.05) is 51.6 Å². The molecule has 4 heterocycles. The van der Waals surface area contributed by atoms with Gasteiger partial charge in [-0.15, -0.1) is 13.2 Å². The molecule has 6 rings (SSSR count). The quantitative estimate of drug-likeness (QED) is 0.191. The molecule has 0 N–H and O–H groups in total. The third-order valence-corrected chi connectivity index (χ3v) is 7.28. The molecule has 210 valence electrons. The van der Waals surface area contributed by atoms with Crippen LogP contribution in [0.25, 0.3) is 39.0 Å². The average molecular weight is 583 g/mol. The molecule has 0 bridgehead atoms. The van der Waals surface area contributed by atoms with E-state index in [2.05, 4.69) is 14.9 Å². The molecule has 1 aliphatic rings. The first-order valence-corrected chi connectivity index (χ1v) is 13.0. The Bertz CT molecular complexity index is 1790. The van der Waals surface area contributed by atoms with Crippen LogP contribution in [0.1, 0.15) is 46.3 Å². The maximum atomic E-state index is 13.6. The van der Waals surface area contributed by atoms with E-state index in [1.54, 1.807) is 43.1 Å². The minimum Gasteiger partial charge on any atom is -0.465 e. The summed E-state index contributed by atoms with van der Waals surface area (Å²) in [5.74, 6) is -0.511. The fraction of sp³-hybridized carbons (Fsp3) is 0.241. The molecule has 0 atom stereocenters.